The highest BCUT2D eigenvalue weighted by atomic mass is 16.6. The maximum Gasteiger partial charge on any atom is 0.306 e. The van der Waals surface area contributed by atoms with Gasteiger partial charge in [0.2, 0.25) is 0 Å². The van der Waals surface area contributed by atoms with E-state index in [-0.39, 0.29) is 25.2 Å². The first-order chi connectivity index (χ1) is 23.3. The Balaban J connectivity index is 3.48. The highest BCUT2D eigenvalue weighted by Crippen LogP contribution is 2.17. The second kappa shape index (κ2) is 37.2. The molecule has 0 aliphatic rings. The largest absolute Gasteiger partial charge is 0.462 e. The number of rotatable bonds is 38. The molecule has 0 radical (unpaired) electrons. The number of esters is 2. The van der Waals surface area contributed by atoms with Crippen LogP contribution in [-0.2, 0) is 19.1 Å². The highest BCUT2D eigenvalue weighted by Gasteiger charge is 2.16. The Hall–Kier alpha value is -1.10. The van der Waals surface area contributed by atoms with Gasteiger partial charge in [-0.15, -0.1) is 0 Å². The lowest BCUT2D eigenvalue weighted by Crippen LogP contribution is -2.28. The number of hydrogen-bond donors (Lipinski definition) is 1. The van der Waals surface area contributed by atoms with E-state index in [0.29, 0.717) is 12.8 Å². The van der Waals surface area contributed by atoms with Crippen molar-refractivity contribution in [1.29, 1.82) is 0 Å². The van der Waals surface area contributed by atoms with Crippen LogP contribution in [0, 0.1) is 11.8 Å². The van der Waals surface area contributed by atoms with Crippen LogP contribution in [0.4, 0.5) is 0 Å². The van der Waals surface area contributed by atoms with Crippen LogP contribution in [0.5, 0.6) is 0 Å². The molecular formula is C43H84O5. The summed E-state index contributed by atoms with van der Waals surface area (Å²) in [6.07, 6.45) is 38.8. The van der Waals surface area contributed by atoms with Crippen LogP contribution in [0.2, 0.25) is 0 Å². The highest BCUT2D eigenvalue weighted by molar-refractivity contribution is 5.70. The molecule has 0 bridgehead atoms. The van der Waals surface area contributed by atoms with Gasteiger partial charge in [0.15, 0.2) is 6.10 Å². The molecule has 0 amide bonds. The molecule has 0 saturated heterocycles. The summed E-state index contributed by atoms with van der Waals surface area (Å²) in [5, 5.41) is 9.57. The van der Waals surface area contributed by atoms with Crippen LogP contribution >= 0.6 is 0 Å². The van der Waals surface area contributed by atoms with Crippen molar-refractivity contribution in [3.63, 3.8) is 0 Å². The lowest BCUT2D eigenvalue weighted by molar-refractivity contribution is -0.161. The number of aliphatic hydroxyl groups excluding tert-OH is 1. The molecular weight excluding hydrogens is 596 g/mol. The van der Waals surface area contributed by atoms with E-state index in [1.165, 1.54) is 161 Å². The monoisotopic (exact) mass is 681 g/mol. The molecule has 286 valence electrons. The summed E-state index contributed by atoms with van der Waals surface area (Å²) in [4.78, 5) is 24.3. The van der Waals surface area contributed by atoms with Crippen molar-refractivity contribution in [1.82, 2.24) is 0 Å². The first kappa shape index (κ1) is 46.9. The fourth-order valence-electron chi connectivity index (χ4n) is 6.51. The normalized spacial score (nSPS) is 12.2. The van der Waals surface area contributed by atoms with Crippen LogP contribution < -0.4 is 0 Å². The Labute approximate surface area is 299 Å². The van der Waals surface area contributed by atoms with Gasteiger partial charge in [-0.3, -0.25) is 9.59 Å². The second-order valence-corrected chi connectivity index (χ2v) is 15.7. The van der Waals surface area contributed by atoms with Gasteiger partial charge in [-0.25, -0.2) is 0 Å². The quantitative estimate of drug-likeness (QED) is 0.0519. The maximum atomic E-state index is 12.2. The zero-order chi connectivity index (χ0) is 35.3. The van der Waals surface area contributed by atoms with E-state index >= 15 is 0 Å². The summed E-state index contributed by atoms with van der Waals surface area (Å²) in [6, 6.07) is 0. The molecule has 0 heterocycles. The lowest BCUT2D eigenvalue weighted by Gasteiger charge is -2.15. The fraction of sp³-hybridized carbons (Fsp3) is 0.953. The molecule has 0 aromatic heterocycles. The Morgan fingerprint density at radius 1 is 0.417 bits per heavy atom. The topological polar surface area (TPSA) is 72.8 Å². The molecule has 0 aliphatic carbocycles. The standard InChI is InChI=1S/C43H84O5/c1-39(2)33-29-25-21-17-13-9-6-5-7-11-15-19-23-27-31-35-42(45)47-38-41(37-44)48-43(46)36-32-28-24-20-16-12-8-10-14-18-22-26-30-34-40(3)4/h39-41,44H,5-38H2,1-4H3/t41-/m0/s1. The van der Waals surface area contributed by atoms with Gasteiger partial charge < -0.3 is 14.6 Å². The minimum atomic E-state index is -0.763. The summed E-state index contributed by atoms with van der Waals surface area (Å²) in [7, 11) is 0. The van der Waals surface area contributed by atoms with Crippen LogP contribution in [0.3, 0.4) is 0 Å². The molecule has 5 nitrogen and oxygen atoms in total. The molecule has 1 N–H and O–H groups in total. The van der Waals surface area contributed by atoms with E-state index in [1.807, 2.05) is 0 Å². The third kappa shape index (κ3) is 37.7. The van der Waals surface area contributed by atoms with Gasteiger partial charge in [0.25, 0.3) is 0 Å². The molecule has 0 unspecified atom stereocenters. The van der Waals surface area contributed by atoms with Crippen molar-refractivity contribution in [2.75, 3.05) is 13.2 Å². The Morgan fingerprint density at radius 3 is 0.979 bits per heavy atom. The van der Waals surface area contributed by atoms with E-state index in [4.69, 9.17) is 9.47 Å². The average Bonchev–Trinajstić information content (AvgIpc) is 3.05. The SMILES string of the molecule is CC(C)CCCCCCCCCCCCCCCCCC(=O)OC[C@H](CO)OC(=O)CCCCCCCCCCCCCCCC(C)C. The number of hydrogen-bond acceptors (Lipinski definition) is 5. The van der Waals surface area contributed by atoms with E-state index in [0.717, 1.165) is 43.9 Å². The van der Waals surface area contributed by atoms with Crippen LogP contribution in [0.25, 0.3) is 0 Å². The van der Waals surface area contributed by atoms with Gasteiger partial charge in [-0.05, 0) is 24.7 Å². The summed E-state index contributed by atoms with van der Waals surface area (Å²) < 4.78 is 10.6. The predicted octanol–water partition coefficient (Wildman–Crippen LogP) is 13.2. The van der Waals surface area contributed by atoms with Crippen LogP contribution in [-0.4, -0.2) is 36.4 Å². The third-order valence-corrected chi connectivity index (χ3v) is 9.76. The first-order valence-corrected chi connectivity index (χ1v) is 21.3. The van der Waals surface area contributed by atoms with Gasteiger partial charge in [-0.1, -0.05) is 207 Å². The van der Waals surface area contributed by atoms with E-state index < -0.39 is 6.10 Å². The van der Waals surface area contributed by atoms with E-state index in [2.05, 4.69) is 27.7 Å². The Bertz CT molecular complexity index is 676. The third-order valence-electron chi connectivity index (χ3n) is 9.76. The van der Waals surface area contributed by atoms with Crippen molar-refractivity contribution >= 4 is 11.9 Å². The van der Waals surface area contributed by atoms with E-state index in [1.54, 1.807) is 0 Å². The number of carbonyl (C=O) groups is 2. The Kier molecular flexibility index (Phi) is 36.3. The Morgan fingerprint density at radius 2 is 0.688 bits per heavy atom. The minimum absolute atomic E-state index is 0.0580. The average molecular weight is 681 g/mol. The van der Waals surface area contributed by atoms with Crippen LogP contribution in [0.15, 0.2) is 0 Å². The van der Waals surface area contributed by atoms with Gasteiger partial charge in [0.1, 0.15) is 6.61 Å². The molecule has 48 heavy (non-hydrogen) atoms. The molecule has 0 saturated carbocycles. The fourth-order valence-corrected chi connectivity index (χ4v) is 6.51. The van der Waals surface area contributed by atoms with Crippen molar-refractivity contribution in [2.45, 2.75) is 239 Å². The lowest BCUT2D eigenvalue weighted by atomic mass is 10.0. The number of unbranched alkanes of at least 4 members (excludes halogenated alkanes) is 26. The van der Waals surface area contributed by atoms with Crippen molar-refractivity contribution < 1.29 is 24.2 Å². The first-order valence-electron chi connectivity index (χ1n) is 21.3. The smallest absolute Gasteiger partial charge is 0.306 e. The summed E-state index contributed by atoms with van der Waals surface area (Å²) in [5.74, 6) is 1.13. The molecule has 0 rings (SSSR count). The number of carbonyl (C=O) groups excluding carboxylic acids is 2. The predicted molar refractivity (Wildman–Crippen MR) is 205 cm³/mol. The summed E-state index contributed by atoms with van der Waals surface area (Å²) in [6.45, 7) is 8.88. The second-order valence-electron chi connectivity index (χ2n) is 15.7. The molecule has 0 aromatic rings. The molecule has 5 heteroatoms. The van der Waals surface area contributed by atoms with Gasteiger partial charge in [-0.2, -0.15) is 0 Å². The van der Waals surface area contributed by atoms with Gasteiger partial charge in [0, 0.05) is 12.8 Å². The number of aliphatic hydroxyl groups is 1. The molecule has 1 atom stereocenters. The van der Waals surface area contributed by atoms with Crippen molar-refractivity contribution in [2.24, 2.45) is 11.8 Å². The van der Waals surface area contributed by atoms with Gasteiger partial charge >= 0.3 is 11.9 Å². The van der Waals surface area contributed by atoms with Crippen molar-refractivity contribution in [3.05, 3.63) is 0 Å². The molecule has 0 spiro atoms. The van der Waals surface area contributed by atoms with E-state index in [9.17, 15) is 14.7 Å². The zero-order valence-corrected chi connectivity index (χ0v) is 32.9. The molecule has 0 aliphatic heterocycles. The zero-order valence-electron chi connectivity index (χ0n) is 32.9. The van der Waals surface area contributed by atoms with Crippen LogP contribution in [0.1, 0.15) is 233 Å². The molecule has 0 aromatic carbocycles. The minimum Gasteiger partial charge on any atom is -0.462 e. The molecule has 0 fully saturated rings. The maximum absolute atomic E-state index is 12.2. The van der Waals surface area contributed by atoms with Crippen molar-refractivity contribution in [3.8, 4) is 0 Å². The number of ether oxygens (including phenoxy) is 2. The summed E-state index contributed by atoms with van der Waals surface area (Å²) >= 11 is 0. The summed E-state index contributed by atoms with van der Waals surface area (Å²) in [5.41, 5.74) is 0. The van der Waals surface area contributed by atoms with Gasteiger partial charge in [0.05, 0.1) is 6.61 Å².